The minimum atomic E-state index is -0.448. The summed E-state index contributed by atoms with van der Waals surface area (Å²) in [6, 6.07) is 11.0. The van der Waals surface area contributed by atoms with Crippen LogP contribution in [0.25, 0.3) is 0 Å². The van der Waals surface area contributed by atoms with Gasteiger partial charge in [0.25, 0.3) is 0 Å². The van der Waals surface area contributed by atoms with Gasteiger partial charge in [0.15, 0.2) is 0 Å². The van der Waals surface area contributed by atoms with Crippen LogP contribution >= 0.6 is 0 Å². The maximum absolute atomic E-state index is 12.6. The average Bonchev–Trinajstić information content (AvgIpc) is 3.09. The molecule has 2 amide bonds. The normalized spacial score (nSPS) is 14.7. The number of carbonyl (C=O) groups is 2. The number of hydrogen-bond donors (Lipinski definition) is 2. The van der Waals surface area contributed by atoms with Gasteiger partial charge < -0.3 is 20.3 Å². The molecule has 2 aromatic carbocycles. The zero-order valence-electron chi connectivity index (χ0n) is 16.8. The Labute approximate surface area is 165 Å². The lowest BCUT2D eigenvalue weighted by Gasteiger charge is -2.22. The number of hydrogen-bond acceptors (Lipinski definition) is 4. The summed E-state index contributed by atoms with van der Waals surface area (Å²) >= 11 is 0. The quantitative estimate of drug-likeness (QED) is 0.797. The average molecular weight is 381 g/mol. The van der Waals surface area contributed by atoms with E-state index in [4.69, 9.17) is 4.74 Å². The summed E-state index contributed by atoms with van der Waals surface area (Å²) in [6.45, 7) is 6.49. The number of amides is 2. The number of carbonyl (C=O) groups excluding carboxylic acids is 2. The molecule has 6 heteroatoms. The van der Waals surface area contributed by atoms with Crippen molar-refractivity contribution >= 4 is 28.9 Å². The molecule has 28 heavy (non-hydrogen) atoms. The van der Waals surface area contributed by atoms with Crippen LogP contribution in [-0.4, -0.2) is 31.5 Å². The van der Waals surface area contributed by atoms with Crippen LogP contribution in [0.5, 0.6) is 5.75 Å². The van der Waals surface area contributed by atoms with E-state index in [2.05, 4.69) is 10.6 Å². The molecule has 1 heterocycles. The van der Waals surface area contributed by atoms with Crippen LogP contribution in [-0.2, 0) is 9.59 Å². The van der Waals surface area contributed by atoms with Gasteiger partial charge in [-0.3, -0.25) is 9.59 Å². The Balaban J connectivity index is 1.73. The van der Waals surface area contributed by atoms with Gasteiger partial charge in [-0.15, -0.1) is 0 Å². The maximum atomic E-state index is 12.6. The highest BCUT2D eigenvalue weighted by atomic mass is 16.5. The van der Waals surface area contributed by atoms with Crippen LogP contribution in [0.3, 0.4) is 0 Å². The molecule has 148 valence electrons. The molecular formula is C22H27N3O3. The van der Waals surface area contributed by atoms with Crippen molar-refractivity contribution in [2.75, 3.05) is 29.2 Å². The number of anilines is 3. The summed E-state index contributed by atoms with van der Waals surface area (Å²) < 4.78 is 5.41. The van der Waals surface area contributed by atoms with Crippen LogP contribution in [0.15, 0.2) is 36.4 Å². The molecule has 0 saturated carbocycles. The topological polar surface area (TPSA) is 70.7 Å². The van der Waals surface area contributed by atoms with Gasteiger partial charge in [-0.1, -0.05) is 17.7 Å². The smallest absolute Gasteiger partial charge is 0.246 e. The molecule has 0 aromatic heterocycles. The Morgan fingerprint density at radius 3 is 2.61 bits per heavy atom. The zero-order valence-corrected chi connectivity index (χ0v) is 16.8. The highest BCUT2D eigenvalue weighted by Gasteiger charge is 2.25. The molecule has 1 fully saturated rings. The Morgan fingerprint density at radius 2 is 1.96 bits per heavy atom. The van der Waals surface area contributed by atoms with Gasteiger partial charge in [0.1, 0.15) is 11.8 Å². The third-order valence-corrected chi connectivity index (χ3v) is 4.96. The van der Waals surface area contributed by atoms with E-state index in [1.165, 1.54) is 0 Å². The third-order valence-electron chi connectivity index (χ3n) is 4.96. The first-order valence-corrected chi connectivity index (χ1v) is 9.52. The molecule has 6 nitrogen and oxygen atoms in total. The van der Waals surface area contributed by atoms with Crippen molar-refractivity contribution in [3.63, 3.8) is 0 Å². The molecule has 2 aromatic rings. The van der Waals surface area contributed by atoms with Gasteiger partial charge in [0.05, 0.1) is 12.8 Å². The first-order chi connectivity index (χ1) is 13.4. The Hall–Kier alpha value is -3.02. The van der Waals surface area contributed by atoms with E-state index in [0.29, 0.717) is 18.7 Å². The van der Waals surface area contributed by atoms with Crippen molar-refractivity contribution in [2.45, 2.75) is 39.7 Å². The molecule has 0 aliphatic carbocycles. The van der Waals surface area contributed by atoms with Gasteiger partial charge in [-0.2, -0.15) is 0 Å². The lowest BCUT2D eigenvalue weighted by molar-refractivity contribution is -0.117. The number of rotatable bonds is 6. The number of benzene rings is 2. The van der Waals surface area contributed by atoms with Gasteiger partial charge >= 0.3 is 0 Å². The number of nitrogens with one attached hydrogen (secondary N) is 2. The molecular weight excluding hydrogens is 354 g/mol. The molecule has 1 aliphatic heterocycles. The minimum absolute atomic E-state index is 0.0936. The van der Waals surface area contributed by atoms with Crippen molar-refractivity contribution in [1.29, 1.82) is 0 Å². The summed E-state index contributed by atoms with van der Waals surface area (Å²) in [5.41, 5.74) is 4.49. The van der Waals surface area contributed by atoms with Gasteiger partial charge in [0, 0.05) is 24.3 Å². The molecule has 0 bridgehead atoms. The fourth-order valence-corrected chi connectivity index (χ4v) is 3.40. The van der Waals surface area contributed by atoms with Crippen LogP contribution in [0, 0.1) is 13.8 Å². The second-order valence-electron chi connectivity index (χ2n) is 7.21. The maximum Gasteiger partial charge on any atom is 0.246 e. The van der Waals surface area contributed by atoms with Crippen LogP contribution in [0.4, 0.5) is 17.1 Å². The second kappa shape index (κ2) is 8.33. The molecule has 1 aliphatic rings. The van der Waals surface area contributed by atoms with Crippen LogP contribution in [0.2, 0.25) is 0 Å². The summed E-state index contributed by atoms with van der Waals surface area (Å²) in [4.78, 5) is 26.5. The standard InChI is InChI=1S/C22H27N3O3/c1-14-7-9-18(15(2)12-14)24-22(27)16(3)23-17-8-10-20(28-4)19(13-17)25-11-5-6-21(25)26/h7-10,12-13,16,23H,5-6,11H2,1-4H3,(H,24,27). The fourth-order valence-electron chi connectivity index (χ4n) is 3.40. The van der Waals surface area contributed by atoms with Gasteiger partial charge in [-0.25, -0.2) is 0 Å². The molecule has 1 saturated heterocycles. The van der Waals surface area contributed by atoms with Crippen molar-refractivity contribution in [3.05, 3.63) is 47.5 Å². The van der Waals surface area contributed by atoms with Crippen molar-refractivity contribution in [2.24, 2.45) is 0 Å². The first-order valence-electron chi connectivity index (χ1n) is 9.52. The SMILES string of the molecule is COc1ccc(NC(C)C(=O)Nc2ccc(C)cc2C)cc1N1CCCC1=O. The largest absolute Gasteiger partial charge is 0.495 e. The number of ether oxygens (including phenoxy) is 1. The Kier molecular flexibility index (Phi) is 5.87. The molecule has 1 unspecified atom stereocenters. The first kappa shape index (κ1) is 19.7. The van der Waals surface area contributed by atoms with Crippen molar-refractivity contribution in [3.8, 4) is 5.75 Å². The summed E-state index contributed by atoms with van der Waals surface area (Å²) in [7, 11) is 1.59. The molecule has 2 N–H and O–H groups in total. The molecule has 0 spiro atoms. The van der Waals surface area contributed by atoms with E-state index >= 15 is 0 Å². The predicted octanol–water partition coefficient (Wildman–Crippen LogP) is 3.88. The summed E-state index contributed by atoms with van der Waals surface area (Å²) in [6.07, 6.45) is 1.39. The minimum Gasteiger partial charge on any atom is -0.495 e. The van der Waals surface area contributed by atoms with E-state index in [1.807, 2.05) is 57.2 Å². The monoisotopic (exact) mass is 381 g/mol. The Morgan fingerprint density at radius 1 is 1.18 bits per heavy atom. The van der Waals surface area contributed by atoms with Crippen molar-refractivity contribution in [1.82, 2.24) is 0 Å². The molecule has 0 radical (unpaired) electrons. The fraction of sp³-hybridized carbons (Fsp3) is 0.364. The van der Waals surface area contributed by atoms with E-state index < -0.39 is 6.04 Å². The van der Waals surface area contributed by atoms with E-state index in [0.717, 1.165) is 34.6 Å². The predicted molar refractivity (Wildman–Crippen MR) is 112 cm³/mol. The molecule has 1 atom stereocenters. The highest BCUT2D eigenvalue weighted by Crippen LogP contribution is 2.34. The van der Waals surface area contributed by atoms with Crippen LogP contribution in [0.1, 0.15) is 30.9 Å². The summed E-state index contributed by atoms with van der Waals surface area (Å²) in [5, 5.41) is 6.18. The number of methoxy groups -OCH3 is 1. The lowest BCUT2D eigenvalue weighted by atomic mass is 10.1. The zero-order chi connectivity index (χ0) is 20.3. The number of aryl methyl sites for hydroxylation is 2. The Bertz CT molecular complexity index is 895. The molecule has 3 rings (SSSR count). The number of nitrogens with zero attached hydrogens (tertiary/aromatic N) is 1. The lowest BCUT2D eigenvalue weighted by Crippen LogP contribution is -2.32. The highest BCUT2D eigenvalue weighted by molar-refractivity contribution is 5.98. The second-order valence-corrected chi connectivity index (χ2v) is 7.21. The van der Waals surface area contributed by atoms with E-state index in [-0.39, 0.29) is 11.8 Å². The third kappa shape index (κ3) is 4.27. The van der Waals surface area contributed by atoms with Gasteiger partial charge in [0.2, 0.25) is 11.8 Å². The van der Waals surface area contributed by atoms with E-state index in [9.17, 15) is 9.59 Å². The van der Waals surface area contributed by atoms with Crippen molar-refractivity contribution < 1.29 is 14.3 Å². The van der Waals surface area contributed by atoms with E-state index in [1.54, 1.807) is 12.0 Å². The summed E-state index contributed by atoms with van der Waals surface area (Å²) in [5.74, 6) is 0.617. The van der Waals surface area contributed by atoms with Gasteiger partial charge in [-0.05, 0) is 57.0 Å². The van der Waals surface area contributed by atoms with Crippen LogP contribution < -0.4 is 20.3 Å².